The number of halogens is 2. The molecule has 0 aromatic heterocycles. The monoisotopic (exact) mass is 276 g/mol. The second-order valence-corrected chi connectivity index (χ2v) is 6.50. The van der Waals surface area contributed by atoms with Crippen LogP contribution in [-0.4, -0.2) is 16.4 Å². The van der Waals surface area contributed by atoms with E-state index < -0.39 is 5.38 Å². The Morgan fingerprint density at radius 3 is 2.44 bits per heavy atom. The minimum Gasteiger partial charge on any atom is -0.292 e. The Kier molecular flexibility index (Phi) is 5.16. The Hall–Kier alpha value is -0.180. The van der Waals surface area contributed by atoms with Crippen molar-refractivity contribution >= 4 is 40.7 Å². The fourth-order valence-corrected chi connectivity index (χ4v) is 2.50. The van der Waals surface area contributed by atoms with Crippen molar-refractivity contribution in [3.05, 3.63) is 28.8 Å². The lowest BCUT2D eigenvalue weighted by molar-refractivity contribution is 0.0989. The van der Waals surface area contributed by atoms with Gasteiger partial charge in [0.2, 0.25) is 0 Å². The van der Waals surface area contributed by atoms with Crippen LogP contribution in [0.3, 0.4) is 0 Å². The lowest BCUT2D eigenvalue weighted by atomic mass is 10.1. The molecule has 4 heteroatoms. The molecule has 0 spiro atoms. The third kappa shape index (κ3) is 3.69. The minimum atomic E-state index is -0.523. The maximum atomic E-state index is 11.9. The van der Waals surface area contributed by atoms with E-state index in [4.69, 9.17) is 23.2 Å². The molecule has 88 valence electrons. The predicted molar refractivity (Wildman–Crippen MR) is 72.1 cm³/mol. The van der Waals surface area contributed by atoms with E-state index in [1.807, 2.05) is 6.07 Å². The second kappa shape index (κ2) is 5.95. The molecule has 0 aliphatic heterocycles. The summed E-state index contributed by atoms with van der Waals surface area (Å²) in [5, 5.41) is 0.456. The van der Waals surface area contributed by atoms with Crippen LogP contribution < -0.4 is 0 Å². The highest BCUT2D eigenvalue weighted by atomic mass is 35.5. The zero-order valence-corrected chi connectivity index (χ0v) is 11.8. The molecule has 0 saturated heterocycles. The summed E-state index contributed by atoms with van der Waals surface area (Å²) in [5.41, 5.74) is 0.619. The van der Waals surface area contributed by atoms with Gasteiger partial charge in [-0.05, 0) is 25.1 Å². The maximum absolute atomic E-state index is 11.9. The molecule has 0 aliphatic carbocycles. The van der Waals surface area contributed by atoms with Gasteiger partial charge in [-0.25, -0.2) is 0 Å². The smallest absolute Gasteiger partial charge is 0.181 e. The first-order valence-corrected chi connectivity index (χ1v) is 6.75. The van der Waals surface area contributed by atoms with Crippen LogP contribution in [0.5, 0.6) is 0 Å². The van der Waals surface area contributed by atoms with Gasteiger partial charge in [0.25, 0.3) is 0 Å². The van der Waals surface area contributed by atoms with Gasteiger partial charge in [-0.2, -0.15) is 0 Å². The molecule has 0 bridgehead atoms. The van der Waals surface area contributed by atoms with Gasteiger partial charge in [-0.3, -0.25) is 4.79 Å². The highest BCUT2D eigenvalue weighted by molar-refractivity contribution is 8.00. The summed E-state index contributed by atoms with van der Waals surface area (Å²) in [4.78, 5) is 12.8. The van der Waals surface area contributed by atoms with Crippen molar-refractivity contribution in [2.75, 3.05) is 0 Å². The highest BCUT2D eigenvalue weighted by Gasteiger charge is 2.17. The summed E-state index contributed by atoms with van der Waals surface area (Å²) in [7, 11) is 0. The van der Waals surface area contributed by atoms with Gasteiger partial charge in [-0.1, -0.05) is 25.4 Å². The minimum absolute atomic E-state index is 0.0766. The average molecular weight is 277 g/mol. The van der Waals surface area contributed by atoms with E-state index in [9.17, 15) is 4.79 Å². The van der Waals surface area contributed by atoms with Gasteiger partial charge >= 0.3 is 0 Å². The third-order valence-corrected chi connectivity index (χ3v) is 3.45. The first-order valence-electron chi connectivity index (χ1n) is 5.06. The highest BCUT2D eigenvalue weighted by Crippen LogP contribution is 2.30. The van der Waals surface area contributed by atoms with Crippen LogP contribution in [0, 0.1) is 0 Å². The summed E-state index contributed by atoms with van der Waals surface area (Å²) in [6.07, 6.45) is 0. The van der Waals surface area contributed by atoms with Gasteiger partial charge in [0.05, 0.1) is 5.38 Å². The molecule has 0 amide bonds. The van der Waals surface area contributed by atoms with E-state index in [1.54, 1.807) is 30.8 Å². The zero-order valence-electron chi connectivity index (χ0n) is 9.46. The predicted octanol–water partition coefficient (Wildman–Crippen LogP) is 4.65. The molecule has 0 radical (unpaired) electrons. The molecule has 1 nitrogen and oxygen atoms in total. The maximum Gasteiger partial charge on any atom is 0.181 e. The lowest BCUT2D eigenvalue weighted by Crippen LogP contribution is -2.12. The van der Waals surface area contributed by atoms with Crippen LogP contribution in [0.4, 0.5) is 0 Å². The number of rotatable bonds is 4. The van der Waals surface area contributed by atoms with Crippen molar-refractivity contribution in [1.29, 1.82) is 0 Å². The molecule has 0 N–H and O–H groups in total. The number of Topliss-reactive ketones (excluding diaryl/α,β-unsaturated/α-hetero) is 1. The molecular weight excluding hydrogens is 263 g/mol. The first-order chi connectivity index (χ1) is 7.41. The van der Waals surface area contributed by atoms with Crippen LogP contribution in [0.2, 0.25) is 5.02 Å². The Balaban J connectivity index is 3.12. The average Bonchev–Trinajstić information content (AvgIpc) is 2.18. The van der Waals surface area contributed by atoms with Crippen LogP contribution in [0.15, 0.2) is 23.1 Å². The number of hydrogen-bond donors (Lipinski definition) is 0. The topological polar surface area (TPSA) is 17.1 Å². The largest absolute Gasteiger partial charge is 0.292 e. The van der Waals surface area contributed by atoms with E-state index >= 15 is 0 Å². The molecule has 0 heterocycles. The molecule has 1 atom stereocenters. The Labute approximate surface area is 111 Å². The van der Waals surface area contributed by atoms with Gasteiger partial charge in [-0.15, -0.1) is 23.4 Å². The number of hydrogen-bond acceptors (Lipinski definition) is 2. The quantitative estimate of drug-likeness (QED) is 0.452. The second-order valence-electron chi connectivity index (χ2n) is 3.79. The number of carbonyl (C=O) groups excluding carboxylic acids is 1. The SMILES string of the molecule is CC(C)Sc1ccc(Cl)cc1C(=O)C(C)Cl. The van der Waals surface area contributed by atoms with Crippen LogP contribution in [0.25, 0.3) is 0 Å². The molecular formula is C12H14Cl2OS. The Morgan fingerprint density at radius 1 is 1.31 bits per heavy atom. The van der Waals surface area contributed by atoms with Crippen LogP contribution >= 0.6 is 35.0 Å². The standard InChI is InChI=1S/C12H14Cl2OS/c1-7(2)16-11-5-4-9(14)6-10(11)12(15)8(3)13/h4-8H,1-3H3. The summed E-state index contributed by atoms with van der Waals surface area (Å²) >= 11 is 13.4. The molecule has 0 fully saturated rings. The van der Waals surface area contributed by atoms with Gasteiger partial charge in [0.15, 0.2) is 5.78 Å². The van der Waals surface area contributed by atoms with E-state index in [0.717, 1.165) is 4.90 Å². The van der Waals surface area contributed by atoms with E-state index in [0.29, 0.717) is 15.8 Å². The first kappa shape index (κ1) is 13.9. The lowest BCUT2D eigenvalue weighted by Gasteiger charge is -2.11. The summed E-state index contributed by atoms with van der Waals surface area (Å²) in [5.74, 6) is -0.0766. The van der Waals surface area contributed by atoms with E-state index in [1.165, 1.54) is 0 Å². The molecule has 0 aliphatic rings. The molecule has 0 saturated carbocycles. The van der Waals surface area contributed by atoms with E-state index in [2.05, 4.69) is 13.8 Å². The van der Waals surface area contributed by atoms with Crippen LogP contribution in [0.1, 0.15) is 31.1 Å². The summed E-state index contributed by atoms with van der Waals surface area (Å²) in [6.45, 7) is 5.84. The number of thioether (sulfide) groups is 1. The molecule has 16 heavy (non-hydrogen) atoms. The van der Waals surface area contributed by atoms with Crippen molar-refractivity contribution in [2.45, 2.75) is 36.3 Å². The van der Waals surface area contributed by atoms with Gasteiger partial charge in [0, 0.05) is 20.7 Å². The summed E-state index contributed by atoms with van der Waals surface area (Å²) in [6, 6.07) is 5.36. The fourth-order valence-electron chi connectivity index (χ4n) is 1.27. The van der Waals surface area contributed by atoms with Gasteiger partial charge < -0.3 is 0 Å². The van der Waals surface area contributed by atoms with Crippen molar-refractivity contribution in [2.24, 2.45) is 0 Å². The van der Waals surface area contributed by atoms with E-state index in [-0.39, 0.29) is 5.78 Å². The molecule has 1 rings (SSSR count). The molecule has 1 unspecified atom stereocenters. The number of ketones is 1. The number of carbonyl (C=O) groups is 1. The number of benzene rings is 1. The molecule has 1 aromatic carbocycles. The summed E-state index contributed by atoms with van der Waals surface area (Å²) < 4.78 is 0. The third-order valence-electron chi connectivity index (χ3n) is 1.93. The Morgan fingerprint density at radius 2 is 1.94 bits per heavy atom. The van der Waals surface area contributed by atoms with Crippen molar-refractivity contribution < 1.29 is 4.79 Å². The Bertz CT molecular complexity index is 389. The van der Waals surface area contributed by atoms with Crippen LogP contribution in [-0.2, 0) is 0 Å². The zero-order chi connectivity index (χ0) is 12.3. The van der Waals surface area contributed by atoms with Crippen molar-refractivity contribution in [1.82, 2.24) is 0 Å². The van der Waals surface area contributed by atoms with Crippen molar-refractivity contribution in [3.63, 3.8) is 0 Å². The van der Waals surface area contributed by atoms with Gasteiger partial charge in [0.1, 0.15) is 0 Å². The fraction of sp³-hybridized carbons (Fsp3) is 0.417. The molecule has 1 aromatic rings. The number of alkyl halides is 1. The van der Waals surface area contributed by atoms with Crippen molar-refractivity contribution in [3.8, 4) is 0 Å². The normalized spacial score (nSPS) is 12.9.